The summed E-state index contributed by atoms with van der Waals surface area (Å²) in [6, 6.07) is 15.0. The maximum Gasteiger partial charge on any atom is 0.122 e. The zero-order valence-corrected chi connectivity index (χ0v) is 18.8. The molecule has 31 heavy (non-hydrogen) atoms. The lowest BCUT2D eigenvalue weighted by molar-refractivity contribution is 0.338. The van der Waals surface area contributed by atoms with Crippen LogP contribution >= 0.6 is 0 Å². The molecular weight excluding hydrogens is 382 g/mol. The van der Waals surface area contributed by atoms with Crippen molar-refractivity contribution in [3.8, 4) is 17.0 Å². The van der Waals surface area contributed by atoms with E-state index in [1.807, 2.05) is 25.5 Å². The van der Waals surface area contributed by atoms with Gasteiger partial charge in [0.15, 0.2) is 0 Å². The highest BCUT2D eigenvalue weighted by atomic mass is 16.5. The molecule has 0 N–H and O–H groups in total. The molecule has 1 aliphatic rings. The quantitative estimate of drug-likeness (QED) is 0.468. The van der Waals surface area contributed by atoms with Crippen LogP contribution in [0.5, 0.6) is 5.75 Å². The van der Waals surface area contributed by atoms with Gasteiger partial charge in [-0.05, 0) is 93.3 Å². The normalized spacial score (nSPS) is 16.7. The summed E-state index contributed by atoms with van der Waals surface area (Å²) in [4.78, 5) is 11.4. The van der Waals surface area contributed by atoms with Gasteiger partial charge in [-0.3, -0.25) is 9.97 Å². The minimum atomic E-state index is 0.673. The molecule has 0 aliphatic carbocycles. The smallest absolute Gasteiger partial charge is 0.122 e. The molecule has 0 radical (unpaired) electrons. The minimum Gasteiger partial charge on any atom is -0.494 e. The van der Waals surface area contributed by atoms with Gasteiger partial charge in [-0.25, -0.2) is 0 Å². The molecule has 0 bridgehead atoms. The van der Waals surface area contributed by atoms with E-state index in [1.165, 1.54) is 36.9 Å². The fraction of sp³-hybridized carbons (Fsp3) is 0.407. The Morgan fingerprint density at radius 3 is 2.74 bits per heavy atom. The molecule has 1 fully saturated rings. The second-order valence-corrected chi connectivity index (χ2v) is 8.46. The summed E-state index contributed by atoms with van der Waals surface area (Å²) >= 11 is 0. The Labute approximate surface area is 186 Å². The molecule has 4 rings (SSSR count). The molecule has 4 heteroatoms. The maximum absolute atomic E-state index is 5.84. The van der Waals surface area contributed by atoms with E-state index in [-0.39, 0.29) is 0 Å². The number of hydrogen-bond donors (Lipinski definition) is 0. The molecule has 3 aromatic rings. The Hall–Kier alpha value is -2.88. The van der Waals surface area contributed by atoms with Crippen molar-refractivity contribution in [1.82, 2.24) is 9.97 Å². The lowest BCUT2D eigenvalue weighted by Crippen LogP contribution is -2.25. The predicted octanol–water partition coefficient (Wildman–Crippen LogP) is 6.09. The second-order valence-electron chi connectivity index (χ2n) is 8.46. The summed E-state index contributed by atoms with van der Waals surface area (Å²) in [6.07, 6.45) is 11.9. The van der Waals surface area contributed by atoms with Crippen LogP contribution in [0.3, 0.4) is 0 Å². The lowest BCUT2D eigenvalue weighted by atomic mass is 9.93. The third-order valence-electron chi connectivity index (χ3n) is 6.33. The van der Waals surface area contributed by atoms with Crippen molar-refractivity contribution in [3.05, 3.63) is 72.2 Å². The molecule has 3 heterocycles. The van der Waals surface area contributed by atoms with Crippen LogP contribution in [0.15, 0.2) is 61.1 Å². The highest BCUT2D eigenvalue weighted by Crippen LogP contribution is 2.34. The Kier molecular flexibility index (Phi) is 7.18. The summed E-state index contributed by atoms with van der Waals surface area (Å²) in [5.74, 6) is 1.73. The Bertz CT molecular complexity index is 973. The van der Waals surface area contributed by atoms with E-state index in [4.69, 9.17) is 9.72 Å². The van der Waals surface area contributed by atoms with Crippen molar-refractivity contribution in [2.24, 2.45) is 5.92 Å². The van der Waals surface area contributed by atoms with Gasteiger partial charge in [-0.2, -0.15) is 0 Å². The molecule has 1 unspecified atom stereocenters. The zero-order valence-electron chi connectivity index (χ0n) is 18.8. The molecular formula is C27H33N3O. The van der Waals surface area contributed by atoms with Gasteiger partial charge in [0.05, 0.1) is 18.0 Å². The standard InChI is InChI=1S/C27H33N3O/c1-3-31-26-20-24(11-8-21(26)2)27-25(7-4-15-29-27)30-18-5-6-22(14-19-30)9-10-23-12-16-28-17-13-23/h4,7-8,11-13,15-17,20,22H,3,5-6,9-10,14,18-19H2,1-2H3. The van der Waals surface area contributed by atoms with Crippen molar-refractivity contribution >= 4 is 5.69 Å². The Morgan fingerprint density at radius 1 is 1.03 bits per heavy atom. The van der Waals surface area contributed by atoms with Crippen LogP contribution in [0.1, 0.15) is 43.7 Å². The summed E-state index contributed by atoms with van der Waals surface area (Å²) < 4.78 is 5.84. The molecule has 0 spiro atoms. The van der Waals surface area contributed by atoms with Crippen LogP contribution in [0.4, 0.5) is 5.69 Å². The highest BCUT2D eigenvalue weighted by Gasteiger charge is 2.20. The van der Waals surface area contributed by atoms with Crippen molar-refractivity contribution < 1.29 is 4.74 Å². The van der Waals surface area contributed by atoms with E-state index in [0.29, 0.717) is 6.61 Å². The average Bonchev–Trinajstić information content (AvgIpc) is 3.06. The molecule has 0 saturated carbocycles. The van der Waals surface area contributed by atoms with Gasteiger partial charge >= 0.3 is 0 Å². The maximum atomic E-state index is 5.84. The predicted molar refractivity (Wildman–Crippen MR) is 128 cm³/mol. The van der Waals surface area contributed by atoms with E-state index < -0.39 is 0 Å². The van der Waals surface area contributed by atoms with Gasteiger partial charge in [0, 0.05) is 37.2 Å². The number of hydrogen-bond acceptors (Lipinski definition) is 4. The van der Waals surface area contributed by atoms with Crippen molar-refractivity contribution in [2.75, 3.05) is 24.6 Å². The van der Waals surface area contributed by atoms with E-state index in [2.05, 4.69) is 59.3 Å². The van der Waals surface area contributed by atoms with Crippen molar-refractivity contribution in [1.29, 1.82) is 0 Å². The van der Waals surface area contributed by atoms with Crippen LogP contribution < -0.4 is 9.64 Å². The first-order valence-electron chi connectivity index (χ1n) is 11.6. The first-order chi connectivity index (χ1) is 15.2. The first kappa shape index (κ1) is 21.4. The number of aromatic nitrogens is 2. The molecule has 1 aliphatic heterocycles. The minimum absolute atomic E-state index is 0.673. The molecule has 1 saturated heterocycles. The van der Waals surface area contributed by atoms with E-state index in [1.54, 1.807) is 0 Å². The summed E-state index contributed by atoms with van der Waals surface area (Å²) in [5.41, 5.74) is 5.98. The SMILES string of the molecule is CCOc1cc(-c2ncccc2N2CCCC(CCc3ccncc3)CC2)ccc1C. The third-order valence-corrected chi connectivity index (χ3v) is 6.33. The van der Waals surface area contributed by atoms with Crippen molar-refractivity contribution in [3.63, 3.8) is 0 Å². The van der Waals surface area contributed by atoms with Gasteiger partial charge in [0.1, 0.15) is 5.75 Å². The fourth-order valence-corrected chi connectivity index (χ4v) is 4.55. The number of benzene rings is 1. The average molecular weight is 416 g/mol. The first-order valence-corrected chi connectivity index (χ1v) is 11.6. The number of aryl methyl sites for hydroxylation is 2. The summed E-state index contributed by atoms with van der Waals surface area (Å²) in [7, 11) is 0. The molecule has 1 atom stereocenters. The van der Waals surface area contributed by atoms with Gasteiger partial charge in [0.25, 0.3) is 0 Å². The monoisotopic (exact) mass is 415 g/mol. The fourth-order valence-electron chi connectivity index (χ4n) is 4.55. The van der Waals surface area contributed by atoms with Crippen LogP contribution in [-0.4, -0.2) is 29.7 Å². The van der Waals surface area contributed by atoms with Crippen molar-refractivity contribution in [2.45, 2.75) is 46.0 Å². The van der Waals surface area contributed by atoms with Gasteiger partial charge < -0.3 is 9.64 Å². The van der Waals surface area contributed by atoms with E-state index >= 15 is 0 Å². The van der Waals surface area contributed by atoms with Gasteiger partial charge in [-0.1, -0.05) is 12.1 Å². The topological polar surface area (TPSA) is 38.2 Å². The van der Waals surface area contributed by atoms with Crippen LogP contribution in [0.25, 0.3) is 11.3 Å². The summed E-state index contributed by atoms with van der Waals surface area (Å²) in [6.45, 7) is 6.97. The number of rotatable bonds is 7. The number of ether oxygens (including phenoxy) is 1. The molecule has 0 amide bonds. The molecule has 1 aromatic carbocycles. The zero-order chi connectivity index (χ0) is 21.5. The van der Waals surface area contributed by atoms with Crippen LogP contribution in [-0.2, 0) is 6.42 Å². The number of nitrogens with zero attached hydrogens (tertiary/aromatic N) is 3. The van der Waals surface area contributed by atoms with E-state index in [9.17, 15) is 0 Å². The third kappa shape index (κ3) is 5.43. The van der Waals surface area contributed by atoms with Gasteiger partial charge in [0.2, 0.25) is 0 Å². The molecule has 4 nitrogen and oxygen atoms in total. The van der Waals surface area contributed by atoms with Gasteiger partial charge in [-0.15, -0.1) is 0 Å². The second kappa shape index (κ2) is 10.4. The molecule has 162 valence electrons. The Morgan fingerprint density at radius 2 is 1.90 bits per heavy atom. The van der Waals surface area contributed by atoms with Crippen LogP contribution in [0, 0.1) is 12.8 Å². The highest BCUT2D eigenvalue weighted by molar-refractivity contribution is 5.76. The molecule has 2 aromatic heterocycles. The number of pyridine rings is 2. The summed E-state index contributed by atoms with van der Waals surface area (Å²) in [5, 5.41) is 0. The Balaban J connectivity index is 1.47. The lowest BCUT2D eigenvalue weighted by Gasteiger charge is -2.25. The largest absolute Gasteiger partial charge is 0.494 e. The van der Waals surface area contributed by atoms with E-state index in [0.717, 1.165) is 48.0 Å². The van der Waals surface area contributed by atoms with Crippen LogP contribution in [0.2, 0.25) is 0 Å². The number of anilines is 1.